The summed E-state index contributed by atoms with van der Waals surface area (Å²) in [5.74, 6) is 0.0665. The molecule has 0 aliphatic rings. The Morgan fingerprint density at radius 2 is 1.43 bits per heavy atom. The van der Waals surface area contributed by atoms with Crippen LogP contribution < -0.4 is 10.6 Å². The quantitative estimate of drug-likeness (QED) is 0.521. The van der Waals surface area contributed by atoms with E-state index < -0.39 is 35.2 Å². The van der Waals surface area contributed by atoms with Gasteiger partial charge in [0.1, 0.15) is 0 Å². The Bertz CT molecular complexity index is 1020. The molecule has 158 valence electrons. The van der Waals surface area contributed by atoms with Gasteiger partial charge in [-0.25, -0.2) is 4.79 Å². The predicted octanol–water partition coefficient (Wildman–Crippen LogP) is 5.77. The molecule has 0 saturated carbocycles. The number of anilines is 2. The topological polar surface area (TPSA) is 59.0 Å². The zero-order valence-corrected chi connectivity index (χ0v) is 15.3. The number of benzene rings is 2. The van der Waals surface area contributed by atoms with Crippen molar-refractivity contribution >= 4 is 17.5 Å². The van der Waals surface area contributed by atoms with Crippen LogP contribution in [0.5, 0.6) is 0 Å². The number of urea groups is 1. The minimum absolute atomic E-state index is 0.0199. The molecule has 0 fully saturated rings. The van der Waals surface area contributed by atoms with Crippen molar-refractivity contribution in [1.29, 1.82) is 0 Å². The largest absolute Gasteiger partial charge is 0.416 e. The van der Waals surface area contributed by atoms with Crippen LogP contribution in [0.15, 0.2) is 54.6 Å². The van der Waals surface area contributed by atoms with Gasteiger partial charge in [0, 0.05) is 18.8 Å². The van der Waals surface area contributed by atoms with Gasteiger partial charge in [0.25, 0.3) is 0 Å². The monoisotopic (exact) mass is 428 g/mol. The highest BCUT2D eigenvalue weighted by molar-refractivity contribution is 5.99. The molecule has 1 heterocycles. The van der Waals surface area contributed by atoms with Crippen LogP contribution >= 0.6 is 0 Å². The molecule has 0 aliphatic carbocycles. The second-order valence-corrected chi connectivity index (χ2v) is 6.28. The van der Waals surface area contributed by atoms with Crippen LogP contribution in [0.2, 0.25) is 0 Å². The van der Waals surface area contributed by atoms with Crippen molar-refractivity contribution in [2.24, 2.45) is 7.05 Å². The smallest absolute Gasteiger partial charge is 0.308 e. The van der Waals surface area contributed by atoms with E-state index in [4.69, 9.17) is 0 Å². The summed E-state index contributed by atoms with van der Waals surface area (Å²) in [5, 5.41) is 8.34. The second kappa shape index (κ2) is 7.73. The number of rotatable bonds is 3. The first-order chi connectivity index (χ1) is 13.9. The van der Waals surface area contributed by atoms with Gasteiger partial charge >= 0.3 is 18.4 Å². The van der Waals surface area contributed by atoms with E-state index in [0.717, 1.165) is 5.56 Å². The molecular formula is C19H14F6N4O. The number of hydrogen-bond donors (Lipinski definition) is 2. The van der Waals surface area contributed by atoms with Crippen LogP contribution in [-0.4, -0.2) is 15.8 Å². The number of aromatic nitrogens is 2. The van der Waals surface area contributed by atoms with Crippen LogP contribution in [0.4, 0.5) is 42.6 Å². The summed E-state index contributed by atoms with van der Waals surface area (Å²) in [6, 6.07) is 10.3. The Hall–Kier alpha value is -3.50. The average Bonchev–Trinajstić information content (AvgIpc) is 3.00. The van der Waals surface area contributed by atoms with Gasteiger partial charge in [-0.1, -0.05) is 30.3 Å². The van der Waals surface area contributed by atoms with E-state index in [9.17, 15) is 31.1 Å². The number of nitrogens with one attached hydrogen (secondary N) is 2. The average molecular weight is 428 g/mol. The van der Waals surface area contributed by atoms with Crippen LogP contribution in [0.25, 0.3) is 11.3 Å². The summed E-state index contributed by atoms with van der Waals surface area (Å²) in [6.45, 7) is 0. The summed E-state index contributed by atoms with van der Waals surface area (Å²) in [6.07, 6.45) is -10.0. The van der Waals surface area contributed by atoms with E-state index in [1.165, 1.54) is 10.7 Å². The molecule has 30 heavy (non-hydrogen) atoms. The lowest BCUT2D eigenvalue weighted by atomic mass is 10.1. The van der Waals surface area contributed by atoms with Gasteiger partial charge in [-0.2, -0.15) is 31.4 Å². The molecule has 0 aliphatic heterocycles. The Morgan fingerprint density at radius 1 is 0.867 bits per heavy atom. The standard InChI is InChI=1S/C19H14F6N4O/c1-29-15(11-5-3-2-4-6-11)10-16(28-29)27-17(30)26-14-8-12(18(20,21)22)7-13(9-14)19(23,24)25/h2-10H,1H3,(H2,26,27,28,30). The molecule has 0 spiro atoms. The van der Waals surface area contributed by atoms with Gasteiger partial charge in [0.15, 0.2) is 5.82 Å². The molecule has 0 bridgehead atoms. The summed E-state index contributed by atoms with van der Waals surface area (Å²) in [7, 11) is 1.62. The zero-order chi connectivity index (χ0) is 22.1. The number of alkyl halides is 6. The van der Waals surface area contributed by atoms with E-state index >= 15 is 0 Å². The third kappa shape index (κ3) is 4.91. The number of amides is 2. The van der Waals surface area contributed by atoms with Crippen LogP contribution in [0, 0.1) is 0 Å². The van der Waals surface area contributed by atoms with Gasteiger partial charge in [-0.15, -0.1) is 0 Å². The van der Waals surface area contributed by atoms with Crippen LogP contribution in [0.1, 0.15) is 11.1 Å². The van der Waals surface area contributed by atoms with Crippen LogP contribution in [0.3, 0.4) is 0 Å². The molecule has 3 rings (SSSR count). The predicted molar refractivity (Wildman–Crippen MR) is 97.7 cm³/mol. The maximum atomic E-state index is 12.9. The summed E-state index contributed by atoms with van der Waals surface area (Å²) >= 11 is 0. The molecule has 0 radical (unpaired) electrons. The van der Waals surface area contributed by atoms with E-state index in [2.05, 4.69) is 10.4 Å². The van der Waals surface area contributed by atoms with Crippen molar-refractivity contribution in [2.75, 3.05) is 10.6 Å². The van der Waals surface area contributed by atoms with Crippen molar-refractivity contribution in [3.05, 3.63) is 65.7 Å². The maximum absolute atomic E-state index is 12.9. The number of nitrogens with zero attached hydrogens (tertiary/aromatic N) is 2. The lowest BCUT2D eigenvalue weighted by molar-refractivity contribution is -0.143. The number of carbonyl (C=O) groups is 1. The third-order valence-electron chi connectivity index (χ3n) is 4.04. The fourth-order valence-electron chi connectivity index (χ4n) is 2.71. The Morgan fingerprint density at radius 3 is 1.97 bits per heavy atom. The first-order valence-corrected chi connectivity index (χ1v) is 8.40. The van der Waals surface area contributed by atoms with E-state index in [1.54, 1.807) is 19.2 Å². The molecule has 5 nitrogen and oxygen atoms in total. The van der Waals surface area contributed by atoms with Crippen molar-refractivity contribution in [3.63, 3.8) is 0 Å². The molecule has 1 aromatic heterocycles. The molecule has 2 N–H and O–H groups in total. The van der Waals surface area contributed by atoms with Gasteiger partial charge < -0.3 is 5.32 Å². The Balaban J connectivity index is 1.81. The minimum atomic E-state index is -5.01. The Labute approximate surface area is 166 Å². The highest BCUT2D eigenvalue weighted by Crippen LogP contribution is 2.37. The number of carbonyl (C=O) groups excluding carboxylic acids is 1. The number of aryl methyl sites for hydroxylation is 1. The van der Waals surface area contributed by atoms with Gasteiger partial charge in [0.05, 0.1) is 16.8 Å². The first-order valence-electron chi connectivity index (χ1n) is 8.40. The highest BCUT2D eigenvalue weighted by atomic mass is 19.4. The van der Waals surface area contributed by atoms with Gasteiger partial charge in [-0.05, 0) is 23.8 Å². The molecule has 2 amide bonds. The number of halogens is 6. The third-order valence-corrected chi connectivity index (χ3v) is 4.04. The summed E-state index contributed by atoms with van der Waals surface area (Å²) < 4.78 is 79.0. The maximum Gasteiger partial charge on any atom is 0.416 e. The molecular weight excluding hydrogens is 414 g/mol. The van der Waals surface area contributed by atoms with Gasteiger partial charge in [0.2, 0.25) is 0 Å². The minimum Gasteiger partial charge on any atom is -0.308 e. The molecule has 0 unspecified atom stereocenters. The highest BCUT2D eigenvalue weighted by Gasteiger charge is 2.37. The Kier molecular flexibility index (Phi) is 5.47. The lowest BCUT2D eigenvalue weighted by Crippen LogP contribution is -2.21. The second-order valence-electron chi connectivity index (χ2n) is 6.28. The summed E-state index contributed by atoms with van der Waals surface area (Å²) in [4.78, 5) is 12.1. The molecule has 0 saturated heterocycles. The number of hydrogen-bond acceptors (Lipinski definition) is 2. The lowest BCUT2D eigenvalue weighted by Gasteiger charge is -2.14. The molecule has 3 aromatic rings. The fourth-order valence-corrected chi connectivity index (χ4v) is 2.71. The van der Waals surface area contributed by atoms with Crippen molar-refractivity contribution in [3.8, 4) is 11.3 Å². The zero-order valence-electron chi connectivity index (χ0n) is 15.3. The first kappa shape index (κ1) is 21.2. The normalized spacial score (nSPS) is 12.0. The summed E-state index contributed by atoms with van der Waals surface area (Å²) in [5.41, 5.74) is -2.28. The fraction of sp³-hybridized carbons (Fsp3) is 0.158. The molecule has 11 heteroatoms. The van der Waals surface area contributed by atoms with E-state index in [1.807, 2.05) is 23.5 Å². The van der Waals surface area contributed by atoms with Crippen LogP contribution in [-0.2, 0) is 19.4 Å². The van der Waals surface area contributed by atoms with Crippen molar-refractivity contribution in [2.45, 2.75) is 12.4 Å². The molecule has 2 aromatic carbocycles. The van der Waals surface area contributed by atoms with Gasteiger partial charge in [-0.3, -0.25) is 10.00 Å². The van der Waals surface area contributed by atoms with Crippen molar-refractivity contribution < 1.29 is 31.1 Å². The van der Waals surface area contributed by atoms with Crippen molar-refractivity contribution in [1.82, 2.24) is 9.78 Å². The van der Waals surface area contributed by atoms with E-state index in [-0.39, 0.29) is 11.9 Å². The SMILES string of the molecule is Cn1nc(NC(=O)Nc2cc(C(F)(F)F)cc(C(F)(F)F)c2)cc1-c1ccccc1. The molecule has 0 atom stereocenters. The van der Waals surface area contributed by atoms with E-state index in [0.29, 0.717) is 17.8 Å².